The Morgan fingerprint density at radius 3 is 1.09 bits per heavy atom. The summed E-state index contributed by atoms with van der Waals surface area (Å²) in [4.78, 5) is 0. The molecule has 2 rings (SSSR count). The van der Waals surface area contributed by atoms with Crippen molar-refractivity contribution >= 4 is 29.3 Å². The first-order chi connectivity index (χ1) is 15.4. The minimum Gasteiger partial charge on any atom is -0.281 e. The van der Waals surface area contributed by atoms with E-state index >= 15 is 0 Å². The molecule has 0 unspecified atom stereocenters. The number of hydrogen-bond donors (Lipinski definition) is 1. The summed E-state index contributed by atoms with van der Waals surface area (Å²) in [5, 5.41) is -3.42. The molecule has 0 saturated carbocycles. The zero-order valence-electron chi connectivity index (χ0n) is 20.6. The maximum absolute atomic E-state index is 12.2. The minimum absolute atomic E-state index is 0.232. The number of hydrogen-bond acceptors (Lipinski definition) is 2. The van der Waals surface area contributed by atoms with Gasteiger partial charge in [-0.15, -0.1) is 0 Å². The summed E-state index contributed by atoms with van der Waals surface area (Å²) in [7, 11) is -5.87. The fourth-order valence-electron chi connectivity index (χ4n) is 2.69. The fraction of sp³-hybridized carbons (Fsp3) is 0.500. The van der Waals surface area contributed by atoms with Crippen LogP contribution in [-0.4, -0.2) is 30.1 Å². The first kappa shape index (κ1) is 31.4. The van der Waals surface area contributed by atoms with E-state index in [2.05, 4.69) is 90.1 Å². The lowest BCUT2D eigenvalue weighted by Crippen LogP contribution is -2.56. The third-order valence-corrected chi connectivity index (χ3v) is 7.18. The summed E-state index contributed by atoms with van der Waals surface area (Å²) < 4.78 is 99.6. The Kier molecular flexibility index (Phi) is 9.31. The van der Waals surface area contributed by atoms with E-state index in [9.17, 15) is 34.8 Å². The van der Waals surface area contributed by atoms with Gasteiger partial charge in [0, 0.05) is 6.92 Å². The first-order valence-corrected chi connectivity index (χ1v) is 12.9. The second-order valence-corrected chi connectivity index (χ2v) is 13.1. The van der Waals surface area contributed by atoms with Gasteiger partial charge in [-0.1, -0.05) is 98.7 Å². The Morgan fingerprint density at radius 2 is 0.914 bits per heavy atom. The number of alkyl halides is 6. The highest BCUT2D eigenvalue weighted by Crippen LogP contribution is 2.47. The number of halogens is 6. The van der Waals surface area contributed by atoms with Crippen molar-refractivity contribution in [3.63, 3.8) is 0 Å². The fourth-order valence-corrected chi connectivity index (χ4v) is 4.19. The van der Waals surface area contributed by atoms with Crippen molar-refractivity contribution in [1.29, 1.82) is 0 Å². The molecule has 0 bridgehead atoms. The van der Waals surface area contributed by atoms with Crippen LogP contribution in [0.25, 0.3) is 0 Å². The van der Waals surface area contributed by atoms with Crippen LogP contribution in [0.5, 0.6) is 0 Å². The molecule has 198 valence electrons. The quantitative estimate of drug-likeness (QED) is 0.260. The molecule has 0 saturated heterocycles. The van der Waals surface area contributed by atoms with Gasteiger partial charge in [0.1, 0.15) is 0 Å². The average molecular weight is 545 g/mol. The van der Waals surface area contributed by atoms with E-state index in [4.69, 9.17) is 4.55 Å². The minimum atomic E-state index is -6.61. The van der Waals surface area contributed by atoms with Gasteiger partial charge in [0.2, 0.25) is 0 Å². The van der Waals surface area contributed by atoms with Crippen LogP contribution in [0.1, 0.15) is 59.6 Å². The van der Waals surface area contributed by atoms with Crippen LogP contribution in [-0.2, 0) is 20.9 Å². The van der Waals surface area contributed by atoms with Crippen molar-refractivity contribution < 1.29 is 39.3 Å². The predicted molar refractivity (Wildman–Crippen MR) is 130 cm³/mol. The van der Waals surface area contributed by atoms with Crippen LogP contribution in [0.2, 0.25) is 0 Å². The molecule has 0 aliphatic rings. The summed E-state index contributed by atoms with van der Waals surface area (Å²) in [6, 6.07) is 18.2. The Labute approximate surface area is 204 Å². The van der Waals surface area contributed by atoms with Crippen molar-refractivity contribution in [3.8, 4) is 0 Å². The smallest absolute Gasteiger partial charge is 0.281 e. The molecule has 0 radical (unpaired) electrons. The Bertz CT molecular complexity index is 1030. The average Bonchev–Trinajstić information content (AvgIpc) is 2.66. The molecule has 0 heterocycles. The highest BCUT2D eigenvalue weighted by molar-refractivity contribution is 7.87. The van der Waals surface area contributed by atoms with Gasteiger partial charge in [-0.25, -0.2) is 0 Å². The Hall–Kier alpha value is -1.64. The van der Waals surface area contributed by atoms with Gasteiger partial charge in [0.25, 0.3) is 0 Å². The van der Waals surface area contributed by atoms with Crippen molar-refractivity contribution in [2.24, 2.45) is 0 Å². The largest absolute Gasteiger partial charge is 0.437 e. The van der Waals surface area contributed by atoms with Crippen LogP contribution >= 0.6 is 8.58 Å². The SMILES string of the molecule is CC(C)(C)c1ccc(Pc2ccc(C(C)(C)C)cc2)cc1.CC(F)(F)C(F)(F)C(F)(F)S(=O)(=O)O. The highest BCUT2D eigenvalue weighted by atomic mass is 32.2. The van der Waals surface area contributed by atoms with E-state index in [0.29, 0.717) is 0 Å². The van der Waals surface area contributed by atoms with Gasteiger partial charge in [0.15, 0.2) is 0 Å². The molecule has 0 amide bonds. The molecular formula is C24H31F6O3PS. The van der Waals surface area contributed by atoms with Crippen LogP contribution in [0.4, 0.5) is 26.3 Å². The number of benzene rings is 2. The molecule has 0 aromatic heterocycles. The van der Waals surface area contributed by atoms with Gasteiger partial charge >= 0.3 is 27.2 Å². The molecule has 1 N–H and O–H groups in total. The summed E-state index contributed by atoms with van der Waals surface area (Å²) in [5.74, 6) is -11.5. The second kappa shape index (κ2) is 10.4. The zero-order chi connectivity index (χ0) is 27.7. The van der Waals surface area contributed by atoms with Crippen molar-refractivity contribution in [3.05, 3.63) is 59.7 Å². The van der Waals surface area contributed by atoms with Gasteiger partial charge in [0.05, 0.1) is 0 Å². The van der Waals surface area contributed by atoms with Crippen LogP contribution in [0.15, 0.2) is 48.5 Å². The molecule has 0 fully saturated rings. The standard InChI is InChI=1S/C20H27P.C4H4F6O3S/c1-19(2,3)15-7-11-17(12-8-15)21-18-13-9-16(10-14-18)20(4,5)6;1-2(5,6)3(7,8)4(9,10)14(11,12)13/h7-14,21H,1-6H3;1H3,(H,11,12,13). The van der Waals surface area contributed by atoms with Gasteiger partial charge in [-0.05, 0) is 32.6 Å². The van der Waals surface area contributed by atoms with Crippen molar-refractivity contribution in [2.75, 3.05) is 0 Å². The Balaban J connectivity index is 0.000000383. The summed E-state index contributed by atoms with van der Waals surface area (Å²) in [5.41, 5.74) is 3.27. The topological polar surface area (TPSA) is 54.4 Å². The monoisotopic (exact) mass is 544 g/mol. The Morgan fingerprint density at radius 1 is 0.629 bits per heavy atom. The lowest BCUT2D eigenvalue weighted by Gasteiger charge is -2.28. The maximum atomic E-state index is 12.2. The second-order valence-electron chi connectivity index (χ2n) is 10.2. The van der Waals surface area contributed by atoms with Crippen LogP contribution in [0, 0.1) is 0 Å². The van der Waals surface area contributed by atoms with Crippen molar-refractivity contribution in [2.45, 2.75) is 76.4 Å². The summed E-state index contributed by atoms with van der Waals surface area (Å²) in [6.45, 7) is 13.0. The van der Waals surface area contributed by atoms with Crippen LogP contribution in [0.3, 0.4) is 0 Å². The molecule has 0 aliphatic carbocycles. The molecule has 35 heavy (non-hydrogen) atoms. The van der Waals surface area contributed by atoms with E-state index in [0.717, 1.165) is 8.58 Å². The molecule has 0 aliphatic heterocycles. The molecular weight excluding hydrogens is 513 g/mol. The normalized spacial score (nSPS) is 13.8. The first-order valence-electron chi connectivity index (χ1n) is 10.5. The lowest BCUT2D eigenvalue weighted by molar-refractivity contribution is -0.273. The molecule has 2 aromatic rings. The summed E-state index contributed by atoms with van der Waals surface area (Å²) in [6.07, 6.45) is 0. The molecule has 11 heteroatoms. The third-order valence-electron chi connectivity index (χ3n) is 5.03. The molecule has 3 nitrogen and oxygen atoms in total. The third kappa shape index (κ3) is 7.92. The zero-order valence-corrected chi connectivity index (χ0v) is 22.4. The molecule has 2 aromatic carbocycles. The predicted octanol–water partition coefficient (Wildman–Crippen LogP) is 6.67. The molecule has 0 atom stereocenters. The van der Waals surface area contributed by atoms with Gasteiger partial charge in [-0.2, -0.15) is 34.8 Å². The van der Waals surface area contributed by atoms with Gasteiger partial charge in [-0.3, -0.25) is 4.55 Å². The lowest BCUT2D eigenvalue weighted by atomic mass is 9.87. The maximum Gasteiger partial charge on any atom is 0.437 e. The van der Waals surface area contributed by atoms with Crippen LogP contribution < -0.4 is 10.6 Å². The van der Waals surface area contributed by atoms with E-state index in [1.807, 2.05) is 0 Å². The molecule has 0 spiro atoms. The van der Waals surface area contributed by atoms with E-state index < -0.39 is 34.1 Å². The number of rotatable bonds is 5. The van der Waals surface area contributed by atoms with E-state index in [-0.39, 0.29) is 10.8 Å². The van der Waals surface area contributed by atoms with E-state index in [1.165, 1.54) is 21.7 Å². The van der Waals surface area contributed by atoms with E-state index in [1.54, 1.807) is 0 Å². The van der Waals surface area contributed by atoms with Gasteiger partial charge < -0.3 is 0 Å². The summed E-state index contributed by atoms with van der Waals surface area (Å²) >= 11 is 0. The highest BCUT2D eigenvalue weighted by Gasteiger charge is 2.75. The van der Waals surface area contributed by atoms with Crippen molar-refractivity contribution in [1.82, 2.24) is 0 Å².